The van der Waals surface area contributed by atoms with Gasteiger partial charge in [-0.25, -0.2) is 8.42 Å². The number of hydrogen-bond donors (Lipinski definition) is 1. The van der Waals surface area contributed by atoms with E-state index in [-0.39, 0.29) is 4.90 Å². The molecule has 0 aliphatic heterocycles. The fraction of sp³-hybridized carbons (Fsp3) is 0.100. The third-order valence-electron chi connectivity index (χ3n) is 3.54. The maximum Gasteiger partial charge on any atom is 0.262 e. The Morgan fingerprint density at radius 3 is 2.12 bits per heavy atom. The smallest absolute Gasteiger partial charge is 0.262 e. The van der Waals surface area contributed by atoms with E-state index in [0.29, 0.717) is 29.5 Å². The van der Waals surface area contributed by atoms with Crippen LogP contribution in [0.25, 0.3) is 0 Å². The van der Waals surface area contributed by atoms with Crippen molar-refractivity contribution in [3.05, 3.63) is 78.9 Å². The summed E-state index contributed by atoms with van der Waals surface area (Å²) in [7, 11) is -3.73. The van der Waals surface area contributed by atoms with E-state index in [0.717, 1.165) is 0 Å². The van der Waals surface area contributed by atoms with Crippen LogP contribution in [0.15, 0.2) is 83.8 Å². The molecule has 0 amide bonds. The van der Waals surface area contributed by atoms with Gasteiger partial charge in [0, 0.05) is 0 Å². The van der Waals surface area contributed by atoms with E-state index < -0.39 is 10.0 Å². The highest BCUT2D eigenvalue weighted by molar-refractivity contribution is 7.92. The zero-order valence-electron chi connectivity index (χ0n) is 14.3. The Morgan fingerprint density at radius 1 is 0.808 bits per heavy atom. The van der Waals surface area contributed by atoms with Gasteiger partial charge in [-0.2, -0.15) is 0 Å². The van der Waals surface area contributed by atoms with Crippen molar-refractivity contribution < 1.29 is 17.9 Å². The number of anilines is 1. The van der Waals surface area contributed by atoms with E-state index in [1.165, 1.54) is 12.1 Å². The van der Waals surface area contributed by atoms with Crippen LogP contribution in [0.1, 0.15) is 6.92 Å². The van der Waals surface area contributed by atoms with Crippen LogP contribution in [-0.2, 0) is 10.0 Å². The van der Waals surface area contributed by atoms with Crippen molar-refractivity contribution in [2.24, 2.45) is 0 Å². The number of ether oxygens (including phenoxy) is 2. The van der Waals surface area contributed by atoms with Crippen molar-refractivity contribution in [1.29, 1.82) is 0 Å². The summed E-state index contributed by atoms with van der Waals surface area (Å²) >= 11 is 0. The minimum absolute atomic E-state index is 0.143. The van der Waals surface area contributed by atoms with Gasteiger partial charge in [0.15, 0.2) is 0 Å². The zero-order chi connectivity index (χ0) is 18.4. The Balaban J connectivity index is 1.77. The molecular formula is C20H19NO4S. The predicted octanol–water partition coefficient (Wildman–Crippen LogP) is 4.68. The van der Waals surface area contributed by atoms with Crippen molar-refractivity contribution in [2.45, 2.75) is 11.8 Å². The minimum Gasteiger partial charge on any atom is -0.492 e. The summed E-state index contributed by atoms with van der Waals surface area (Å²) in [5.74, 6) is 1.74. The molecule has 0 unspecified atom stereocenters. The first-order chi connectivity index (χ1) is 12.6. The number of sulfonamides is 1. The van der Waals surface area contributed by atoms with Crippen LogP contribution in [0.5, 0.6) is 17.2 Å². The van der Waals surface area contributed by atoms with Crippen LogP contribution in [-0.4, -0.2) is 15.0 Å². The maximum absolute atomic E-state index is 12.6. The summed E-state index contributed by atoms with van der Waals surface area (Å²) in [6.45, 7) is 2.29. The highest BCUT2D eigenvalue weighted by Crippen LogP contribution is 2.28. The second-order valence-electron chi connectivity index (χ2n) is 5.42. The van der Waals surface area contributed by atoms with Crippen molar-refractivity contribution in [1.82, 2.24) is 0 Å². The quantitative estimate of drug-likeness (QED) is 0.657. The van der Waals surface area contributed by atoms with Gasteiger partial charge in [-0.3, -0.25) is 4.72 Å². The van der Waals surface area contributed by atoms with E-state index >= 15 is 0 Å². The van der Waals surface area contributed by atoms with Crippen molar-refractivity contribution in [2.75, 3.05) is 11.3 Å². The molecule has 0 aliphatic carbocycles. The molecule has 26 heavy (non-hydrogen) atoms. The summed E-state index contributed by atoms with van der Waals surface area (Å²) in [5.41, 5.74) is 0.402. The lowest BCUT2D eigenvalue weighted by atomic mass is 10.3. The van der Waals surface area contributed by atoms with Gasteiger partial charge in [-0.1, -0.05) is 30.3 Å². The molecule has 3 aromatic carbocycles. The molecule has 3 aromatic rings. The number of benzene rings is 3. The van der Waals surface area contributed by atoms with Crippen LogP contribution >= 0.6 is 0 Å². The first-order valence-corrected chi connectivity index (χ1v) is 9.64. The van der Waals surface area contributed by atoms with E-state index in [4.69, 9.17) is 9.47 Å². The summed E-state index contributed by atoms with van der Waals surface area (Å²) in [6, 6.07) is 22.5. The fourth-order valence-electron chi connectivity index (χ4n) is 2.35. The normalized spacial score (nSPS) is 11.0. The number of nitrogens with one attached hydrogen (secondary N) is 1. The summed E-state index contributed by atoms with van der Waals surface area (Å²) < 4.78 is 38.9. The molecule has 0 saturated carbocycles. The van der Waals surface area contributed by atoms with E-state index in [1.807, 2.05) is 37.3 Å². The van der Waals surface area contributed by atoms with Gasteiger partial charge in [0.2, 0.25) is 0 Å². The van der Waals surface area contributed by atoms with Crippen molar-refractivity contribution >= 4 is 15.7 Å². The Morgan fingerprint density at radius 2 is 1.42 bits per heavy atom. The van der Waals surface area contributed by atoms with Gasteiger partial charge in [-0.05, 0) is 55.5 Å². The van der Waals surface area contributed by atoms with Crippen LogP contribution in [0, 0.1) is 0 Å². The van der Waals surface area contributed by atoms with Gasteiger partial charge in [-0.15, -0.1) is 0 Å². The van der Waals surface area contributed by atoms with Crippen LogP contribution in [0.2, 0.25) is 0 Å². The maximum atomic E-state index is 12.6. The first-order valence-electron chi connectivity index (χ1n) is 8.16. The number of para-hydroxylation sites is 3. The third kappa shape index (κ3) is 4.34. The zero-order valence-corrected chi connectivity index (χ0v) is 15.1. The van der Waals surface area contributed by atoms with Gasteiger partial charge in [0.1, 0.15) is 17.2 Å². The van der Waals surface area contributed by atoms with Crippen LogP contribution < -0.4 is 14.2 Å². The third-order valence-corrected chi connectivity index (χ3v) is 4.93. The molecule has 0 bridgehead atoms. The first kappa shape index (κ1) is 17.8. The number of rotatable bonds is 7. The number of hydrogen-bond acceptors (Lipinski definition) is 4. The van der Waals surface area contributed by atoms with Crippen molar-refractivity contribution in [3.63, 3.8) is 0 Å². The van der Waals surface area contributed by atoms with Crippen molar-refractivity contribution in [3.8, 4) is 17.2 Å². The topological polar surface area (TPSA) is 64.6 Å². The Kier molecular flexibility index (Phi) is 5.43. The molecule has 0 saturated heterocycles. The Bertz CT molecular complexity index is 955. The molecular weight excluding hydrogens is 350 g/mol. The van der Waals surface area contributed by atoms with Crippen LogP contribution in [0.3, 0.4) is 0 Å². The molecule has 6 heteroatoms. The lowest BCUT2D eigenvalue weighted by Gasteiger charge is -2.13. The van der Waals surface area contributed by atoms with Crippen LogP contribution in [0.4, 0.5) is 5.69 Å². The molecule has 5 nitrogen and oxygen atoms in total. The van der Waals surface area contributed by atoms with E-state index in [1.54, 1.807) is 36.4 Å². The summed E-state index contributed by atoms with van der Waals surface area (Å²) in [6.07, 6.45) is 0. The average molecular weight is 369 g/mol. The van der Waals surface area contributed by atoms with Gasteiger partial charge in [0.05, 0.1) is 17.2 Å². The molecule has 1 N–H and O–H groups in total. The van der Waals surface area contributed by atoms with Gasteiger partial charge >= 0.3 is 0 Å². The molecule has 0 heterocycles. The monoisotopic (exact) mass is 369 g/mol. The molecule has 0 aliphatic rings. The van der Waals surface area contributed by atoms with Gasteiger partial charge in [0.25, 0.3) is 10.0 Å². The molecule has 0 spiro atoms. The molecule has 0 atom stereocenters. The molecule has 0 radical (unpaired) electrons. The molecule has 3 rings (SSSR count). The standard InChI is InChI=1S/C20H19NO4S/c1-2-24-20-11-7-6-10-19(20)21-26(22,23)18-14-12-17(13-15-18)25-16-8-4-3-5-9-16/h3-15,21H,2H2,1H3. The molecule has 0 aromatic heterocycles. The second kappa shape index (κ2) is 7.93. The summed E-state index contributed by atoms with van der Waals surface area (Å²) in [5, 5.41) is 0. The Labute approximate surface area is 153 Å². The highest BCUT2D eigenvalue weighted by atomic mass is 32.2. The largest absolute Gasteiger partial charge is 0.492 e. The predicted molar refractivity (Wildman–Crippen MR) is 101 cm³/mol. The van der Waals surface area contributed by atoms with Gasteiger partial charge < -0.3 is 9.47 Å². The Hall–Kier alpha value is -2.99. The molecule has 134 valence electrons. The molecule has 0 fully saturated rings. The van der Waals surface area contributed by atoms with E-state index in [9.17, 15) is 8.42 Å². The average Bonchev–Trinajstić information content (AvgIpc) is 2.65. The van der Waals surface area contributed by atoms with E-state index in [2.05, 4.69) is 4.72 Å². The lowest BCUT2D eigenvalue weighted by molar-refractivity contribution is 0.342. The highest BCUT2D eigenvalue weighted by Gasteiger charge is 2.16. The minimum atomic E-state index is -3.73. The second-order valence-corrected chi connectivity index (χ2v) is 7.10. The fourth-order valence-corrected chi connectivity index (χ4v) is 3.42. The SMILES string of the molecule is CCOc1ccccc1NS(=O)(=O)c1ccc(Oc2ccccc2)cc1. The lowest BCUT2D eigenvalue weighted by Crippen LogP contribution is -2.13. The summed E-state index contributed by atoms with van der Waals surface area (Å²) in [4.78, 5) is 0.143.